The standard InChI is InChI=1S/C19H23F2N3OS/c1-13(22-19(25)17-14(20)5-3-6-15(17)21)18(16-7-4-12-26-16)24-10-8-23(2)9-11-24/h3-7,12-13,18H,8-11H2,1-2H3,(H,22,25)/t13-,18+/m0/s1. The number of halogens is 2. The van der Waals surface area contributed by atoms with Gasteiger partial charge in [0.25, 0.3) is 5.91 Å². The topological polar surface area (TPSA) is 35.6 Å². The molecule has 0 bridgehead atoms. The SMILES string of the molecule is C[C@H](NC(=O)c1c(F)cccc1F)[C@H](c1cccs1)N1CCN(C)CC1. The van der Waals surface area contributed by atoms with E-state index in [1.807, 2.05) is 24.4 Å². The quantitative estimate of drug-likeness (QED) is 0.867. The van der Waals surface area contributed by atoms with Crippen molar-refractivity contribution in [1.29, 1.82) is 0 Å². The van der Waals surface area contributed by atoms with Crippen LogP contribution in [0.5, 0.6) is 0 Å². The zero-order valence-electron chi connectivity index (χ0n) is 14.9. The van der Waals surface area contributed by atoms with Crippen LogP contribution in [0.15, 0.2) is 35.7 Å². The maximum atomic E-state index is 13.9. The monoisotopic (exact) mass is 379 g/mol. The number of nitrogens with one attached hydrogen (secondary N) is 1. The van der Waals surface area contributed by atoms with E-state index in [2.05, 4.69) is 22.2 Å². The average Bonchev–Trinajstić information content (AvgIpc) is 3.10. The molecule has 1 aliphatic heterocycles. The van der Waals surface area contributed by atoms with Gasteiger partial charge in [-0.1, -0.05) is 12.1 Å². The fourth-order valence-electron chi connectivity index (χ4n) is 3.37. The Balaban J connectivity index is 1.79. The smallest absolute Gasteiger partial charge is 0.257 e. The van der Waals surface area contributed by atoms with Gasteiger partial charge < -0.3 is 10.2 Å². The summed E-state index contributed by atoms with van der Waals surface area (Å²) in [5, 5.41) is 4.81. The number of hydrogen-bond acceptors (Lipinski definition) is 4. The predicted molar refractivity (Wildman–Crippen MR) is 99.4 cm³/mol. The summed E-state index contributed by atoms with van der Waals surface area (Å²) in [5.41, 5.74) is -0.525. The first kappa shape index (κ1) is 18.9. The fourth-order valence-corrected chi connectivity index (χ4v) is 4.34. The summed E-state index contributed by atoms with van der Waals surface area (Å²) in [5.74, 6) is -2.41. The van der Waals surface area contributed by atoms with Gasteiger partial charge in [0, 0.05) is 37.1 Å². The van der Waals surface area contributed by atoms with Crippen LogP contribution in [-0.2, 0) is 0 Å². The van der Waals surface area contributed by atoms with Gasteiger partial charge in [-0.05, 0) is 37.6 Å². The predicted octanol–water partition coefficient (Wildman–Crippen LogP) is 3.13. The molecule has 3 rings (SSSR count). The molecule has 1 aromatic carbocycles. The van der Waals surface area contributed by atoms with Crippen LogP contribution in [0.4, 0.5) is 8.78 Å². The Morgan fingerprint density at radius 1 is 1.12 bits per heavy atom. The second kappa shape index (κ2) is 8.24. The van der Waals surface area contributed by atoms with E-state index in [0.29, 0.717) is 0 Å². The molecular weight excluding hydrogens is 356 g/mol. The molecule has 1 N–H and O–H groups in total. The summed E-state index contributed by atoms with van der Waals surface area (Å²) >= 11 is 1.63. The Morgan fingerprint density at radius 2 is 1.77 bits per heavy atom. The molecule has 140 valence electrons. The van der Waals surface area contributed by atoms with E-state index in [-0.39, 0.29) is 12.1 Å². The van der Waals surface area contributed by atoms with Crippen LogP contribution in [0.25, 0.3) is 0 Å². The van der Waals surface area contributed by atoms with Crippen molar-refractivity contribution in [2.45, 2.75) is 19.0 Å². The Hall–Kier alpha value is -1.83. The first-order valence-corrected chi connectivity index (χ1v) is 9.56. The zero-order valence-corrected chi connectivity index (χ0v) is 15.7. The minimum atomic E-state index is -0.845. The van der Waals surface area contributed by atoms with Gasteiger partial charge in [-0.15, -0.1) is 11.3 Å². The maximum absolute atomic E-state index is 13.9. The summed E-state index contributed by atoms with van der Waals surface area (Å²) in [6.45, 7) is 5.55. The lowest BCUT2D eigenvalue weighted by Crippen LogP contribution is -2.51. The highest BCUT2D eigenvalue weighted by atomic mass is 32.1. The molecule has 0 spiro atoms. The van der Waals surface area contributed by atoms with Crippen molar-refractivity contribution in [3.63, 3.8) is 0 Å². The summed E-state index contributed by atoms with van der Waals surface area (Å²) in [6, 6.07) is 7.16. The van der Waals surface area contributed by atoms with Crippen molar-refractivity contribution in [2.75, 3.05) is 33.2 Å². The minimum absolute atomic E-state index is 0.0255. The van der Waals surface area contributed by atoms with Crippen molar-refractivity contribution in [2.24, 2.45) is 0 Å². The van der Waals surface area contributed by atoms with Crippen LogP contribution in [0.2, 0.25) is 0 Å². The number of carbonyl (C=O) groups excluding carboxylic acids is 1. The highest BCUT2D eigenvalue weighted by molar-refractivity contribution is 7.10. The van der Waals surface area contributed by atoms with Crippen LogP contribution in [-0.4, -0.2) is 55.0 Å². The Bertz CT molecular complexity index is 725. The molecule has 1 saturated heterocycles. The van der Waals surface area contributed by atoms with Crippen molar-refractivity contribution < 1.29 is 13.6 Å². The van der Waals surface area contributed by atoms with E-state index in [9.17, 15) is 13.6 Å². The maximum Gasteiger partial charge on any atom is 0.257 e. The number of benzene rings is 1. The number of likely N-dealkylation sites (N-methyl/N-ethyl adjacent to an activating group) is 1. The first-order chi connectivity index (χ1) is 12.5. The molecular formula is C19H23F2N3OS. The highest BCUT2D eigenvalue weighted by Crippen LogP contribution is 2.29. The molecule has 0 unspecified atom stereocenters. The van der Waals surface area contributed by atoms with E-state index >= 15 is 0 Å². The van der Waals surface area contributed by atoms with Gasteiger partial charge in [-0.25, -0.2) is 8.78 Å². The molecule has 1 aromatic heterocycles. The van der Waals surface area contributed by atoms with Crippen LogP contribution in [0, 0.1) is 11.6 Å². The Kier molecular flexibility index (Phi) is 6.01. The highest BCUT2D eigenvalue weighted by Gasteiger charge is 2.31. The van der Waals surface area contributed by atoms with Crippen LogP contribution >= 0.6 is 11.3 Å². The summed E-state index contributed by atoms with van der Waals surface area (Å²) in [7, 11) is 2.09. The van der Waals surface area contributed by atoms with E-state index in [1.54, 1.807) is 11.3 Å². The van der Waals surface area contributed by atoms with E-state index in [4.69, 9.17) is 0 Å². The van der Waals surface area contributed by atoms with Crippen LogP contribution in [0.3, 0.4) is 0 Å². The number of rotatable bonds is 5. The Morgan fingerprint density at radius 3 is 2.35 bits per heavy atom. The summed E-state index contributed by atoms with van der Waals surface area (Å²) in [6.07, 6.45) is 0. The van der Waals surface area contributed by atoms with Gasteiger partial charge in [0.05, 0.1) is 6.04 Å². The molecule has 0 aliphatic carbocycles. The van der Waals surface area contributed by atoms with E-state index in [0.717, 1.165) is 43.2 Å². The number of carbonyl (C=O) groups is 1. The molecule has 1 fully saturated rings. The summed E-state index contributed by atoms with van der Waals surface area (Å²) in [4.78, 5) is 18.2. The second-order valence-corrected chi connectivity index (χ2v) is 7.64. The van der Waals surface area contributed by atoms with E-state index < -0.39 is 23.1 Å². The number of thiophene rings is 1. The van der Waals surface area contributed by atoms with Gasteiger partial charge in [0.2, 0.25) is 0 Å². The molecule has 1 amide bonds. The average molecular weight is 379 g/mol. The van der Waals surface area contributed by atoms with Gasteiger partial charge >= 0.3 is 0 Å². The third-order valence-electron chi connectivity index (χ3n) is 4.79. The Labute approximate surface area is 156 Å². The lowest BCUT2D eigenvalue weighted by atomic mass is 10.0. The normalized spacial score (nSPS) is 18.5. The number of hydrogen-bond donors (Lipinski definition) is 1. The third kappa shape index (κ3) is 4.11. The molecule has 26 heavy (non-hydrogen) atoms. The molecule has 0 saturated carbocycles. The number of nitrogens with zero attached hydrogens (tertiary/aromatic N) is 2. The third-order valence-corrected chi connectivity index (χ3v) is 5.73. The van der Waals surface area contributed by atoms with E-state index in [1.165, 1.54) is 6.07 Å². The zero-order chi connectivity index (χ0) is 18.7. The van der Waals surface area contributed by atoms with Crippen LogP contribution in [0.1, 0.15) is 28.2 Å². The van der Waals surface area contributed by atoms with Gasteiger partial charge in [0.1, 0.15) is 17.2 Å². The van der Waals surface area contributed by atoms with Crippen molar-refractivity contribution in [3.05, 3.63) is 57.8 Å². The molecule has 7 heteroatoms. The second-order valence-electron chi connectivity index (χ2n) is 6.66. The van der Waals surface area contributed by atoms with Crippen LogP contribution < -0.4 is 5.32 Å². The molecule has 4 nitrogen and oxygen atoms in total. The minimum Gasteiger partial charge on any atom is -0.347 e. The molecule has 2 atom stereocenters. The molecule has 2 aromatic rings. The van der Waals surface area contributed by atoms with Gasteiger partial charge in [0.15, 0.2) is 0 Å². The largest absolute Gasteiger partial charge is 0.347 e. The van der Waals surface area contributed by atoms with Gasteiger partial charge in [-0.2, -0.15) is 0 Å². The van der Waals surface area contributed by atoms with Crippen molar-refractivity contribution >= 4 is 17.2 Å². The molecule has 1 aliphatic rings. The van der Waals surface area contributed by atoms with Gasteiger partial charge in [-0.3, -0.25) is 9.69 Å². The molecule has 0 radical (unpaired) electrons. The first-order valence-electron chi connectivity index (χ1n) is 8.68. The summed E-state index contributed by atoms with van der Waals surface area (Å²) < 4.78 is 27.8. The fraction of sp³-hybridized carbons (Fsp3) is 0.421. The lowest BCUT2D eigenvalue weighted by molar-refractivity contribution is 0.0793. The lowest BCUT2D eigenvalue weighted by Gasteiger charge is -2.40. The number of piperazine rings is 1. The molecule has 2 heterocycles. The van der Waals surface area contributed by atoms with Crippen molar-refractivity contribution in [1.82, 2.24) is 15.1 Å². The number of amides is 1. The van der Waals surface area contributed by atoms with Crippen molar-refractivity contribution in [3.8, 4) is 0 Å².